The van der Waals surface area contributed by atoms with Gasteiger partial charge in [0.2, 0.25) is 5.91 Å². The highest BCUT2D eigenvalue weighted by Crippen LogP contribution is 2.25. The number of halogens is 1. The van der Waals surface area contributed by atoms with Crippen LogP contribution in [0.3, 0.4) is 0 Å². The first kappa shape index (κ1) is 12.4. The van der Waals surface area contributed by atoms with Crippen molar-refractivity contribution in [2.24, 2.45) is 0 Å². The minimum Gasteiger partial charge on any atom is -0.396 e. The quantitative estimate of drug-likeness (QED) is 0.891. The molecule has 6 heteroatoms. The lowest BCUT2D eigenvalue weighted by molar-refractivity contribution is -0.116. The van der Waals surface area contributed by atoms with Crippen LogP contribution >= 0.6 is 11.6 Å². The zero-order chi connectivity index (χ0) is 13.1. The molecule has 1 heterocycles. The largest absolute Gasteiger partial charge is 0.396 e. The van der Waals surface area contributed by atoms with Crippen LogP contribution in [0.25, 0.3) is 0 Å². The maximum atomic E-state index is 11.8. The van der Waals surface area contributed by atoms with Crippen molar-refractivity contribution in [3.63, 3.8) is 0 Å². The number of amides is 1. The van der Waals surface area contributed by atoms with Gasteiger partial charge in [-0.25, -0.2) is 0 Å². The van der Waals surface area contributed by atoms with Gasteiger partial charge in [-0.1, -0.05) is 23.7 Å². The Kier molecular flexibility index (Phi) is 3.53. The summed E-state index contributed by atoms with van der Waals surface area (Å²) in [6.45, 7) is 1.98. The summed E-state index contributed by atoms with van der Waals surface area (Å²) < 4.78 is 1.47. The molecule has 0 bridgehead atoms. The molecule has 0 radical (unpaired) electrons. The van der Waals surface area contributed by atoms with Crippen molar-refractivity contribution in [3.8, 4) is 0 Å². The van der Waals surface area contributed by atoms with Gasteiger partial charge >= 0.3 is 0 Å². The lowest BCUT2D eigenvalue weighted by atomic mass is 10.2. The summed E-state index contributed by atoms with van der Waals surface area (Å²) in [5, 5.41) is 7.22. The molecule has 0 saturated carbocycles. The second-order valence-corrected chi connectivity index (χ2v) is 4.36. The van der Waals surface area contributed by atoms with Crippen molar-refractivity contribution >= 4 is 28.9 Å². The Morgan fingerprint density at radius 2 is 2.33 bits per heavy atom. The molecule has 1 aromatic heterocycles. The molecule has 5 nitrogen and oxygen atoms in total. The number of anilines is 2. The van der Waals surface area contributed by atoms with E-state index in [2.05, 4.69) is 10.4 Å². The second kappa shape index (κ2) is 5.10. The first-order chi connectivity index (χ1) is 8.56. The van der Waals surface area contributed by atoms with Crippen LogP contribution in [0.2, 0.25) is 5.02 Å². The highest BCUT2D eigenvalue weighted by molar-refractivity contribution is 6.33. The lowest BCUT2D eigenvalue weighted by Gasteiger charge is -2.10. The molecular formula is C12H13ClN4O. The van der Waals surface area contributed by atoms with Gasteiger partial charge in [-0.3, -0.25) is 9.48 Å². The van der Waals surface area contributed by atoms with Crippen molar-refractivity contribution in [1.29, 1.82) is 0 Å². The maximum Gasteiger partial charge on any atom is 0.246 e. The van der Waals surface area contributed by atoms with E-state index in [0.29, 0.717) is 16.4 Å². The predicted molar refractivity (Wildman–Crippen MR) is 71.5 cm³/mol. The summed E-state index contributed by atoms with van der Waals surface area (Å²) in [4.78, 5) is 11.8. The zero-order valence-electron chi connectivity index (χ0n) is 9.85. The number of nitrogen functional groups attached to an aromatic ring is 1. The Balaban J connectivity index is 2.08. The first-order valence-electron chi connectivity index (χ1n) is 5.39. The van der Waals surface area contributed by atoms with Gasteiger partial charge in [-0.2, -0.15) is 5.10 Å². The smallest absolute Gasteiger partial charge is 0.246 e. The van der Waals surface area contributed by atoms with Crippen molar-refractivity contribution < 1.29 is 4.79 Å². The average molecular weight is 265 g/mol. The van der Waals surface area contributed by atoms with E-state index in [0.717, 1.165) is 5.56 Å². The maximum absolute atomic E-state index is 11.8. The van der Waals surface area contributed by atoms with Gasteiger partial charge in [-0.15, -0.1) is 0 Å². The van der Waals surface area contributed by atoms with Gasteiger partial charge in [0.1, 0.15) is 6.54 Å². The van der Waals surface area contributed by atoms with E-state index in [9.17, 15) is 4.79 Å². The summed E-state index contributed by atoms with van der Waals surface area (Å²) in [6, 6.07) is 5.45. The molecule has 1 aromatic carbocycles. The Morgan fingerprint density at radius 3 is 2.94 bits per heavy atom. The average Bonchev–Trinajstić information content (AvgIpc) is 2.69. The number of nitrogens with one attached hydrogen (secondary N) is 1. The fourth-order valence-corrected chi connectivity index (χ4v) is 1.85. The Morgan fingerprint density at radius 1 is 1.56 bits per heavy atom. The standard InChI is InChI=1S/C12H13ClN4O/c1-8-3-2-4-10(13)12(8)16-11(18)7-17-6-9(14)5-15-17/h2-6H,7,14H2,1H3,(H,16,18). The molecule has 0 fully saturated rings. The zero-order valence-corrected chi connectivity index (χ0v) is 10.6. The van der Waals surface area contributed by atoms with Gasteiger partial charge in [0.25, 0.3) is 0 Å². The number of aromatic nitrogens is 2. The van der Waals surface area contributed by atoms with Gasteiger partial charge in [0.15, 0.2) is 0 Å². The summed E-state index contributed by atoms with van der Waals surface area (Å²) in [5.74, 6) is -0.200. The Hall–Kier alpha value is -2.01. The summed E-state index contributed by atoms with van der Waals surface area (Å²) in [7, 11) is 0. The van der Waals surface area contributed by atoms with Crippen LogP contribution in [0.1, 0.15) is 5.56 Å². The van der Waals surface area contributed by atoms with Crippen molar-refractivity contribution in [1.82, 2.24) is 9.78 Å². The van der Waals surface area contributed by atoms with Crippen LogP contribution in [0, 0.1) is 6.92 Å². The number of carbonyl (C=O) groups excluding carboxylic acids is 1. The molecule has 0 aliphatic heterocycles. The van der Waals surface area contributed by atoms with E-state index in [4.69, 9.17) is 17.3 Å². The normalized spacial score (nSPS) is 10.3. The van der Waals surface area contributed by atoms with E-state index < -0.39 is 0 Å². The van der Waals surface area contributed by atoms with Gasteiger partial charge in [0, 0.05) is 6.20 Å². The summed E-state index contributed by atoms with van der Waals surface area (Å²) in [6.07, 6.45) is 3.09. The third kappa shape index (κ3) is 2.81. The molecule has 0 aliphatic carbocycles. The number of aryl methyl sites for hydroxylation is 1. The molecule has 1 amide bonds. The van der Waals surface area contributed by atoms with Crippen LogP contribution in [-0.2, 0) is 11.3 Å². The Bertz CT molecular complexity index is 559. The van der Waals surface area contributed by atoms with E-state index in [1.807, 2.05) is 19.1 Å². The molecule has 0 aliphatic rings. The molecule has 3 N–H and O–H groups in total. The van der Waals surface area contributed by atoms with E-state index in [-0.39, 0.29) is 12.5 Å². The SMILES string of the molecule is Cc1cccc(Cl)c1NC(=O)Cn1cc(N)cn1. The fraction of sp³-hybridized carbons (Fsp3) is 0.167. The van der Waals surface area contributed by atoms with Gasteiger partial charge in [-0.05, 0) is 18.6 Å². The number of hydrogen-bond donors (Lipinski definition) is 2. The number of nitrogens with zero attached hydrogens (tertiary/aromatic N) is 2. The molecular weight excluding hydrogens is 252 g/mol. The molecule has 0 atom stereocenters. The number of carbonyl (C=O) groups is 1. The van der Waals surface area contributed by atoms with Crippen molar-refractivity contribution in [2.75, 3.05) is 11.1 Å². The number of benzene rings is 1. The lowest BCUT2D eigenvalue weighted by Crippen LogP contribution is -2.19. The Labute approximate surface area is 110 Å². The molecule has 2 rings (SSSR count). The fourth-order valence-electron chi connectivity index (χ4n) is 1.58. The van der Waals surface area contributed by atoms with Crippen molar-refractivity contribution in [2.45, 2.75) is 13.5 Å². The van der Waals surface area contributed by atoms with Gasteiger partial charge < -0.3 is 11.1 Å². The van der Waals surface area contributed by atoms with Crippen LogP contribution in [0.15, 0.2) is 30.6 Å². The first-order valence-corrected chi connectivity index (χ1v) is 5.77. The van der Waals surface area contributed by atoms with E-state index in [1.54, 1.807) is 12.3 Å². The molecule has 2 aromatic rings. The third-order valence-corrected chi connectivity index (χ3v) is 2.76. The molecule has 18 heavy (non-hydrogen) atoms. The summed E-state index contributed by atoms with van der Waals surface area (Å²) in [5.41, 5.74) is 7.59. The van der Waals surface area contributed by atoms with Gasteiger partial charge in [0.05, 0.1) is 22.6 Å². The third-order valence-electron chi connectivity index (χ3n) is 2.45. The number of hydrogen-bond acceptors (Lipinski definition) is 3. The highest BCUT2D eigenvalue weighted by Gasteiger charge is 2.09. The van der Waals surface area contributed by atoms with Crippen LogP contribution in [0.4, 0.5) is 11.4 Å². The molecule has 94 valence electrons. The number of para-hydroxylation sites is 1. The second-order valence-electron chi connectivity index (χ2n) is 3.95. The molecule has 0 unspecified atom stereocenters. The van der Waals surface area contributed by atoms with Crippen LogP contribution < -0.4 is 11.1 Å². The number of nitrogens with two attached hydrogens (primary N) is 1. The monoisotopic (exact) mass is 264 g/mol. The van der Waals surface area contributed by atoms with Crippen LogP contribution in [0.5, 0.6) is 0 Å². The minimum absolute atomic E-state index is 0.0991. The molecule has 0 spiro atoms. The van der Waals surface area contributed by atoms with E-state index >= 15 is 0 Å². The van der Waals surface area contributed by atoms with Crippen LogP contribution in [-0.4, -0.2) is 15.7 Å². The predicted octanol–water partition coefficient (Wildman–Crippen LogP) is 2.07. The number of rotatable bonds is 3. The minimum atomic E-state index is -0.200. The summed E-state index contributed by atoms with van der Waals surface area (Å²) >= 11 is 6.02. The topological polar surface area (TPSA) is 72.9 Å². The molecule has 0 saturated heterocycles. The van der Waals surface area contributed by atoms with E-state index in [1.165, 1.54) is 10.9 Å². The highest BCUT2D eigenvalue weighted by atomic mass is 35.5. The van der Waals surface area contributed by atoms with Crippen molar-refractivity contribution in [3.05, 3.63) is 41.2 Å².